The quantitative estimate of drug-likeness (QED) is 0.528. The summed E-state index contributed by atoms with van der Waals surface area (Å²) >= 11 is 1.49. The lowest BCUT2D eigenvalue weighted by atomic mass is 10.1. The Kier molecular flexibility index (Phi) is 4.35. The molecular weight excluding hydrogens is 332 g/mol. The van der Waals surface area contributed by atoms with Crippen molar-refractivity contribution in [3.63, 3.8) is 0 Å². The number of H-pyrrole nitrogens is 1. The second-order valence-corrected chi connectivity index (χ2v) is 6.55. The van der Waals surface area contributed by atoms with E-state index in [2.05, 4.69) is 39.2 Å². The third kappa shape index (κ3) is 3.64. The number of aromatic amines is 1. The van der Waals surface area contributed by atoms with E-state index in [-0.39, 0.29) is 0 Å². The molecule has 0 amide bonds. The van der Waals surface area contributed by atoms with Crippen molar-refractivity contribution in [3.8, 4) is 22.7 Å². The molecule has 0 unspecified atom stereocenters. The summed E-state index contributed by atoms with van der Waals surface area (Å²) in [4.78, 5) is 8.85. The first kappa shape index (κ1) is 15.7. The van der Waals surface area contributed by atoms with Crippen molar-refractivity contribution in [2.75, 3.05) is 0 Å². The second kappa shape index (κ2) is 6.94. The third-order valence-corrected chi connectivity index (χ3v) is 4.56. The molecule has 0 aliphatic carbocycles. The molecule has 5 nitrogen and oxygen atoms in total. The molecule has 0 atom stereocenters. The Morgan fingerprint density at radius 3 is 2.60 bits per heavy atom. The van der Waals surface area contributed by atoms with Crippen LogP contribution in [-0.2, 0) is 5.75 Å². The first-order valence-electron chi connectivity index (χ1n) is 7.90. The molecule has 2 aromatic carbocycles. The predicted molar refractivity (Wildman–Crippen MR) is 98.1 cm³/mol. The molecule has 0 bridgehead atoms. The zero-order chi connectivity index (χ0) is 17.1. The molecule has 25 heavy (non-hydrogen) atoms. The van der Waals surface area contributed by atoms with Gasteiger partial charge in [-0.15, -0.1) is 5.10 Å². The average Bonchev–Trinajstić information content (AvgIpc) is 3.31. The van der Waals surface area contributed by atoms with Gasteiger partial charge in [0, 0.05) is 11.1 Å². The lowest BCUT2D eigenvalue weighted by molar-refractivity contribution is 0.530. The van der Waals surface area contributed by atoms with E-state index in [9.17, 15) is 0 Å². The van der Waals surface area contributed by atoms with Gasteiger partial charge in [0.05, 0.1) is 11.9 Å². The highest BCUT2D eigenvalue weighted by atomic mass is 32.2. The van der Waals surface area contributed by atoms with Crippen LogP contribution >= 0.6 is 11.8 Å². The monoisotopic (exact) mass is 348 g/mol. The number of aryl methyl sites for hydroxylation is 1. The van der Waals surface area contributed by atoms with Crippen molar-refractivity contribution in [1.29, 1.82) is 0 Å². The molecular formula is C19H16N4OS. The number of hydrogen-bond acceptors (Lipinski definition) is 5. The summed E-state index contributed by atoms with van der Waals surface area (Å²) in [5.74, 6) is 2.77. The normalized spacial score (nSPS) is 10.9. The van der Waals surface area contributed by atoms with E-state index in [0.717, 1.165) is 22.7 Å². The molecule has 0 aliphatic heterocycles. The maximum atomic E-state index is 5.80. The highest BCUT2D eigenvalue weighted by molar-refractivity contribution is 7.98. The summed E-state index contributed by atoms with van der Waals surface area (Å²) in [5.41, 5.74) is 3.26. The molecule has 0 fully saturated rings. The molecule has 124 valence electrons. The fourth-order valence-electron chi connectivity index (χ4n) is 2.39. The zero-order valence-corrected chi connectivity index (χ0v) is 14.5. The number of benzene rings is 2. The highest BCUT2D eigenvalue weighted by Crippen LogP contribution is 2.25. The van der Waals surface area contributed by atoms with E-state index >= 15 is 0 Å². The summed E-state index contributed by atoms with van der Waals surface area (Å²) in [7, 11) is 0. The smallest absolute Gasteiger partial charge is 0.209 e. The number of thioether (sulfide) groups is 1. The fraction of sp³-hybridized carbons (Fsp3) is 0.105. The topological polar surface area (TPSA) is 67.6 Å². The van der Waals surface area contributed by atoms with Crippen LogP contribution in [-0.4, -0.2) is 20.2 Å². The van der Waals surface area contributed by atoms with Gasteiger partial charge in [-0.1, -0.05) is 71.9 Å². The zero-order valence-electron chi connectivity index (χ0n) is 13.6. The van der Waals surface area contributed by atoms with E-state index in [1.807, 2.05) is 42.5 Å². The van der Waals surface area contributed by atoms with E-state index in [4.69, 9.17) is 4.42 Å². The maximum Gasteiger partial charge on any atom is 0.209 e. The number of nitrogens with one attached hydrogen (secondary N) is 1. The number of rotatable bonds is 5. The van der Waals surface area contributed by atoms with E-state index < -0.39 is 0 Å². The van der Waals surface area contributed by atoms with Gasteiger partial charge in [-0.05, 0) is 6.92 Å². The Labute approximate surface area is 149 Å². The van der Waals surface area contributed by atoms with Gasteiger partial charge in [0.2, 0.25) is 11.0 Å². The molecule has 2 heterocycles. The minimum absolute atomic E-state index is 0.581. The largest absolute Gasteiger partial charge is 0.440 e. The Morgan fingerprint density at radius 1 is 1.00 bits per heavy atom. The van der Waals surface area contributed by atoms with Crippen LogP contribution in [0.3, 0.4) is 0 Å². The highest BCUT2D eigenvalue weighted by Gasteiger charge is 2.10. The van der Waals surface area contributed by atoms with E-state index in [1.54, 1.807) is 6.20 Å². The fourth-order valence-corrected chi connectivity index (χ4v) is 3.04. The van der Waals surface area contributed by atoms with Crippen LogP contribution in [0.15, 0.2) is 70.4 Å². The van der Waals surface area contributed by atoms with Gasteiger partial charge in [-0.3, -0.25) is 5.10 Å². The van der Waals surface area contributed by atoms with Crippen molar-refractivity contribution in [1.82, 2.24) is 20.2 Å². The second-order valence-electron chi connectivity index (χ2n) is 5.61. The molecule has 0 spiro atoms. The first-order valence-corrected chi connectivity index (χ1v) is 8.89. The summed E-state index contributed by atoms with van der Waals surface area (Å²) in [6.45, 7) is 2.06. The molecule has 6 heteroatoms. The maximum absolute atomic E-state index is 5.80. The lowest BCUT2D eigenvalue weighted by Crippen LogP contribution is -1.82. The molecule has 0 aliphatic rings. The minimum atomic E-state index is 0.581. The molecule has 1 N–H and O–H groups in total. The standard InChI is InChI=1S/C19H16N4OS/c1-13-7-9-15(10-8-13)18-21-19(23-22-18)25-12-17-20-11-16(24-17)14-5-3-2-4-6-14/h2-11H,12H2,1H3,(H,21,22,23). The summed E-state index contributed by atoms with van der Waals surface area (Å²) in [6.07, 6.45) is 1.75. The van der Waals surface area contributed by atoms with Gasteiger partial charge in [0.15, 0.2) is 11.6 Å². The Morgan fingerprint density at radius 2 is 1.80 bits per heavy atom. The van der Waals surface area contributed by atoms with Crippen LogP contribution in [0.5, 0.6) is 0 Å². The Bertz CT molecular complexity index is 961. The molecule has 4 aromatic rings. The van der Waals surface area contributed by atoms with Gasteiger partial charge in [0.1, 0.15) is 0 Å². The Hall–Kier alpha value is -2.86. The van der Waals surface area contributed by atoms with Crippen molar-refractivity contribution < 1.29 is 4.42 Å². The van der Waals surface area contributed by atoms with Crippen LogP contribution < -0.4 is 0 Å². The Balaban J connectivity index is 1.42. The van der Waals surface area contributed by atoms with Gasteiger partial charge >= 0.3 is 0 Å². The van der Waals surface area contributed by atoms with Crippen molar-refractivity contribution in [3.05, 3.63) is 72.2 Å². The van der Waals surface area contributed by atoms with Crippen LogP contribution in [0.25, 0.3) is 22.7 Å². The van der Waals surface area contributed by atoms with Gasteiger partial charge < -0.3 is 4.42 Å². The third-order valence-electron chi connectivity index (χ3n) is 3.73. The number of oxazole rings is 1. The predicted octanol–water partition coefficient (Wildman–Crippen LogP) is 4.73. The SMILES string of the molecule is Cc1ccc(-c2nc(SCc3ncc(-c4ccccc4)o3)n[nH]2)cc1. The summed E-state index contributed by atoms with van der Waals surface area (Å²) < 4.78 is 5.80. The number of hydrogen-bond donors (Lipinski definition) is 1. The molecule has 0 saturated heterocycles. The first-order chi connectivity index (χ1) is 12.3. The molecule has 0 saturated carbocycles. The molecule has 4 rings (SSSR count). The van der Waals surface area contributed by atoms with E-state index in [0.29, 0.717) is 16.8 Å². The van der Waals surface area contributed by atoms with Crippen LogP contribution in [0.2, 0.25) is 0 Å². The van der Waals surface area contributed by atoms with Crippen molar-refractivity contribution >= 4 is 11.8 Å². The van der Waals surface area contributed by atoms with E-state index in [1.165, 1.54) is 17.3 Å². The van der Waals surface area contributed by atoms with Gasteiger partial charge in [-0.25, -0.2) is 9.97 Å². The van der Waals surface area contributed by atoms with Crippen LogP contribution in [0, 0.1) is 6.92 Å². The van der Waals surface area contributed by atoms with Crippen molar-refractivity contribution in [2.45, 2.75) is 17.8 Å². The van der Waals surface area contributed by atoms with Gasteiger partial charge in [0.25, 0.3) is 0 Å². The van der Waals surface area contributed by atoms with Crippen LogP contribution in [0.1, 0.15) is 11.5 Å². The molecule has 0 radical (unpaired) electrons. The lowest BCUT2D eigenvalue weighted by Gasteiger charge is -1.96. The minimum Gasteiger partial charge on any atom is -0.440 e. The average molecular weight is 348 g/mol. The number of nitrogens with zero attached hydrogens (tertiary/aromatic N) is 3. The van der Waals surface area contributed by atoms with Crippen LogP contribution in [0.4, 0.5) is 0 Å². The number of aromatic nitrogens is 4. The summed E-state index contributed by atoms with van der Waals surface area (Å²) in [6, 6.07) is 18.1. The summed E-state index contributed by atoms with van der Waals surface area (Å²) in [5, 5.41) is 7.90. The molecule has 2 aromatic heterocycles. The van der Waals surface area contributed by atoms with Crippen molar-refractivity contribution in [2.24, 2.45) is 0 Å². The van der Waals surface area contributed by atoms with Gasteiger partial charge in [-0.2, -0.15) is 0 Å².